The van der Waals surface area contributed by atoms with E-state index in [9.17, 15) is 13.6 Å². The largest absolute Gasteiger partial charge is 0.441 e. The molecule has 0 saturated carbocycles. The SMILES string of the molecule is O=C(CCc1ncc(-c2c(F)cccc2F)o1)N1CCN(CCSc2ccccc2)CC1. The average Bonchev–Trinajstić information content (AvgIpc) is 3.27. The second kappa shape index (κ2) is 10.7. The fourth-order valence-electron chi connectivity index (χ4n) is 3.68. The van der Waals surface area contributed by atoms with Crippen molar-refractivity contribution in [3.05, 3.63) is 72.3 Å². The third kappa shape index (κ3) is 5.75. The molecule has 1 aliphatic rings. The van der Waals surface area contributed by atoms with Crippen molar-refractivity contribution in [2.24, 2.45) is 0 Å². The maximum atomic E-state index is 13.9. The number of oxazole rings is 1. The Balaban J connectivity index is 1.20. The van der Waals surface area contributed by atoms with Crippen LogP contribution < -0.4 is 0 Å². The summed E-state index contributed by atoms with van der Waals surface area (Å²) in [4.78, 5) is 22.2. The molecule has 0 spiro atoms. The van der Waals surface area contributed by atoms with Crippen molar-refractivity contribution in [2.75, 3.05) is 38.5 Å². The summed E-state index contributed by atoms with van der Waals surface area (Å²) >= 11 is 1.84. The molecule has 0 bridgehead atoms. The van der Waals surface area contributed by atoms with Crippen molar-refractivity contribution in [1.82, 2.24) is 14.8 Å². The number of amides is 1. The topological polar surface area (TPSA) is 49.6 Å². The van der Waals surface area contributed by atoms with Crippen molar-refractivity contribution in [3.8, 4) is 11.3 Å². The highest BCUT2D eigenvalue weighted by molar-refractivity contribution is 7.99. The lowest BCUT2D eigenvalue weighted by Crippen LogP contribution is -2.49. The van der Waals surface area contributed by atoms with Gasteiger partial charge in [-0.2, -0.15) is 0 Å². The maximum Gasteiger partial charge on any atom is 0.223 e. The quantitative estimate of drug-likeness (QED) is 0.467. The van der Waals surface area contributed by atoms with Gasteiger partial charge in [0.15, 0.2) is 11.7 Å². The second-order valence-corrected chi connectivity index (χ2v) is 8.77. The maximum absolute atomic E-state index is 13.9. The molecule has 0 N–H and O–H groups in total. The van der Waals surface area contributed by atoms with Crippen LogP contribution in [0.15, 0.2) is 64.0 Å². The van der Waals surface area contributed by atoms with Crippen LogP contribution in [0.5, 0.6) is 0 Å². The minimum atomic E-state index is -0.705. The third-order valence-corrected chi connectivity index (χ3v) is 6.45. The van der Waals surface area contributed by atoms with Crippen LogP contribution in [0.1, 0.15) is 12.3 Å². The predicted molar refractivity (Wildman–Crippen MR) is 120 cm³/mol. The number of benzene rings is 2. The molecule has 0 radical (unpaired) electrons. The Labute approximate surface area is 190 Å². The van der Waals surface area contributed by atoms with Crippen LogP contribution in [0.4, 0.5) is 8.78 Å². The van der Waals surface area contributed by atoms with Gasteiger partial charge in [0.05, 0.1) is 11.8 Å². The summed E-state index contributed by atoms with van der Waals surface area (Å²) in [6, 6.07) is 14.0. The predicted octanol–water partition coefficient (Wildman–Crippen LogP) is 4.49. The number of carbonyl (C=O) groups excluding carboxylic acids is 1. The molecule has 0 aliphatic carbocycles. The van der Waals surface area contributed by atoms with Gasteiger partial charge in [-0.25, -0.2) is 13.8 Å². The summed E-state index contributed by atoms with van der Waals surface area (Å²) in [5.74, 6) is -0.0158. The van der Waals surface area contributed by atoms with E-state index in [4.69, 9.17) is 4.42 Å². The van der Waals surface area contributed by atoms with Crippen LogP contribution in [-0.4, -0.2) is 59.2 Å². The first kappa shape index (κ1) is 22.5. The summed E-state index contributed by atoms with van der Waals surface area (Å²) < 4.78 is 33.3. The number of thioether (sulfide) groups is 1. The number of nitrogens with zero attached hydrogens (tertiary/aromatic N) is 3. The first-order chi connectivity index (χ1) is 15.6. The molecule has 0 atom stereocenters. The number of carbonyl (C=O) groups is 1. The Bertz CT molecular complexity index is 1020. The van der Waals surface area contributed by atoms with Gasteiger partial charge in [-0.15, -0.1) is 11.8 Å². The molecular weight excluding hydrogens is 432 g/mol. The molecule has 4 rings (SSSR count). The fourth-order valence-corrected chi connectivity index (χ4v) is 4.61. The molecule has 1 fully saturated rings. The zero-order valence-electron chi connectivity index (χ0n) is 17.7. The van der Waals surface area contributed by atoms with Gasteiger partial charge < -0.3 is 9.32 Å². The molecule has 2 heterocycles. The van der Waals surface area contributed by atoms with Gasteiger partial charge >= 0.3 is 0 Å². The smallest absolute Gasteiger partial charge is 0.223 e. The Morgan fingerprint density at radius 3 is 2.44 bits per heavy atom. The zero-order valence-corrected chi connectivity index (χ0v) is 18.5. The summed E-state index contributed by atoms with van der Waals surface area (Å²) in [6.07, 6.45) is 1.85. The highest BCUT2D eigenvalue weighted by Crippen LogP contribution is 2.27. The van der Waals surface area contributed by atoms with E-state index >= 15 is 0 Å². The fraction of sp³-hybridized carbons (Fsp3) is 0.333. The van der Waals surface area contributed by atoms with Gasteiger partial charge in [0.25, 0.3) is 0 Å². The van der Waals surface area contributed by atoms with Crippen molar-refractivity contribution in [1.29, 1.82) is 0 Å². The third-order valence-electron chi connectivity index (χ3n) is 5.46. The number of hydrogen-bond acceptors (Lipinski definition) is 5. The first-order valence-corrected chi connectivity index (χ1v) is 11.7. The number of piperazine rings is 1. The molecule has 0 unspecified atom stereocenters. The van der Waals surface area contributed by atoms with Gasteiger partial charge in [0, 0.05) is 56.2 Å². The summed E-state index contributed by atoms with van der Waals surface area (Å²) in [5, 5.41) is 0. The molecule has 32 heavy (non-hydrogen) atoms. The minimum Gasteiger partial charge on any atom is -0.441 e. The van der Waals surface area contributed by atoms with Crippen LogP contribution in [0.2, 0.25) is 0 Å². The Morgan fingerprint density at radius 2 is 1.72 bits per heavy atom. The number of halogens is 2. The number of rotatable bonds is 8. The summed E-state index contributed by atoms with van der Waals surface area (Å²) in [5.41, 5.74) is -0.237. The second-order valence-electron chi connectivity index (χ2n) is 7.60. The Hall–Kier alpha value is -2.71. The highest BCUT2D eigenvalue weighted by atomic mass is 32.2. The van der Waals surface area contributed by atoms with E-state index in [1.165, 1.54) is 29.3 Å². The van der Waals surface area contributed by atoms with Crippen molar-refractivity contribution in [2.45, 2.75) is 17.7 Å². The van der Waals surface area contributed by atoms with E-state index < -0.39 is 11.6 Å². The van der Waals surface area contributed by atoms with Crippen LogP contribution in [0.3, 0.4) is 0 Å². The van der Waals surface area contributed by atoms with E-state index in [-0.39, 0.29) is 23.7 Å². The van der Waals surface area contributed by atoms with Gasteiger partial charge in [0.1, 0.15) is 11.6 Å². The molecular formula is C24H25F2N3O2S. The Kier molecular flexibility index (Phi) is 7.55. The molecule has 8 heteroatoms. The first-order valence-electron chi connectivity index (χ1n) is 10.7. The zero-order chi connectivity index (χ0) is 22.3. The van der Waals surface area contributed by atoms with Gasteiger partial charge in [-0.1, -0.05) is 24.3 Å². The van der Waals surface area contributed by atoms with E-state index in [1.807, 2.05) is 34.9 Å². The van der Waals surface area contributed by atoms with Crippen molar-refractivity contribution < 1.29 is 18.0 Å². The van der Waals surface area contributed by atoms with Crippen molar-refractivity contribution in [3.63, 3.8) is 0 Å². The highest BCUT2D eigenvalue weighted by Gasteiger charge is 2.22. The standard InChI is InChI=1S/C24H25F2N3O2S/c25-19-7-4-8-20(26)24(19)21-17-27-22(31-21)9-10-23(30)29-13-11-28(12-14-29)15-16-32-18-5-2-1-3-6-18/h1-8,17H,9-16H2. The van der Waals surface area contributed by atoms with Gasteiger partial charge in [-0.3, -0.25) is 9.69 Å². The van der Waals surface area contributed by atoms with Crippen LogP contribution in [0, 0.1) is 11.6 Å². The van der Waals surface area contributed by atoms with Gasteiger partial charge in [0.2, 0.25) is 5.91 Å². The monoisotopic (exact) mass is 457 g/mol. The molecule has 5 nitrogen and oxygen atoms in total. The summed E-state index contributed by atoms with van der Waals surface area (Å²) in [7, 11) is 0. The molecule has 2 aromatic carbocycles. The van der Waals surface area contributed by atoms with Gasteiger partial charge in [-0.05, 0) is 24.3 Å². The molecule has 1 amide bonds. The van der Waals surface area contributed by atoms with E-state index in [0.29, 0.717) is 25.4 Å². The minimum absolute atomic E-state index is 0.0324. The molecule has 1 saturated heterocycles. The molecule has 168 valence electrons. The lowest BCUT2D eigenvalue weighted by Gasteiger charge is -2.34. The molecule has 1 aromatic heterocycles. The summed E-state index contributed by atoms with van der Waals surface area (Å²) in [6.45, 7) is 4.11. The number of aromatic nitrogens is 1. The van der Waals surface area contributed by atoms with Crippen LogP contribution in [0.25, 0.3) is 11.3 Å². The number of hydrogen-bond donors (Lipinski definition) is 0. The van der Waals surface area contributed by atoms with Crippen LogP contribution in [-0.2, 0) is 11.2 Å². The van der Waals surface area contributed by atoms with Crippen molar-refractivity contribution >= 4 is 17.7 Å². The Morgan fingerprint density at radius 1 is 1.00 bits per heavy atom. The molecule has 1 aliphatic heterocycles. The molecule has 3 aromatic rings. The van der Waals surface area contributed by atoms with E-state index in [0.717, 1.165) is 25.4 Å². The average molecular weight is 458 g/mol. The lowest BCUT2D eigenvalue weighted by atomic mass is 10.1. The lowest BCUT2D eigenvalue weighted by molar-refractivity contribution is -0.132. The normalized spacial score (nSPS) is 14.6. The van der Waals surface area contributed by atoms with Crippen LogP contribution >= 0.6 is 11.8 Å². The number of aryl methyl sites for hydroxylation is 1. The van der Waals surface area contributed by atoms with E-state index in [2.05, 4.69) is 22.0 Å². The van der Waals surface area contributed by atoms with E-state index in [1.54, 1.807) is 0 Å².